The van der Waals surface area contributed by atoms with E-state index in [1.165, 1.54) is 22.7 Å². The predicted octanol–water partition coefficient (Wildman–Crippen LogP) is 1.27. The minimum absolute atomic E-state index is 0.128. The zero-order valence-electron chi connectivity index (χ0n) is 13.1. The van der Waals surface area contributed by atoms with Crippen molar-refractivity contribution in [3.05, 3.63) is 35.8 Å². The first-order valence-electron chi connectivity index (χ1n) is 7.84. The van der Waals surface area contributed by atoms with E-state index >= 15 is 0 Å². The molecule has 2 saturated heterocycles. The highest BCUT2D eigenvalue weighted by atomic mass is 32.2. The van der Waals surface area contributed by atoms with Gasteiger partial charge in [-0.2, -0.15) is 4.31 Å². The summed E-state index contributed by atoms with van der Waals surface area (Å²) in [7, 11) is -3.35. The molecule has 6 nitrogen and oxygen atoms in total. The molecule has 2 aliphatic heterocycles. The summed E-state index contributed by atoms with van der Waals surface area (Å²) >= 11 is 0. The first-order chi connectivity index (χ1) is 11.4. The third-order valence-corrected chi connectivity index (χ3v) is 6.53. The summed E-state index contributed by atoms with van der Waals surface area (Å²) in [6.45, 7) is 0.890. The molecule has 24 heavy (non-hydrogen) atoms. The number of benzene rings is 1. The Morgan fingerprint density at radius 2 is 2.17 bits per heavy atom. The Labute approximate surface area is 139 Å². The molecule has 0 spiro atoms. The van der Waals surface area contributed by atoms with E-state index in [1.807, 2.05) is 0 Å². The number of amides is 1. The molecule has 0 saturated carbocycles. The van der Waals surface area contributed by atoms with E-state index in [0.29, 0.717) is 25.0 Å². The van der Waals surface area contributed by atoms with Crippen molar-refractivity contribution in [2.45, 2.75) is 24.4 Å². The van der Waals surface area contributed by atoms with Gasteiger partial charge in [0.2, 0.25) is 16.4 Å². The Balaban J connectivity index is 1.82. The maximum absolute atomic E-state index is 13.4. The molecular formula is C16H18FN3O3S. The fourth-order valence-electron chi connectivity index (χ4n) is 4.29. The van der Waals surface area contributed by atoms with Crippen molar-refractivity contribution in [2.24, 2.45) is 0 Å². The largest absolute Gasteiger partial charge is 0.361 e. The van der Waals surface area contributed by atoms with Gasteiger partial charge in [0.1, 0.15) is 5.82 Å². The van der Waals surface area contributed by atoms with Gasteiger partial charge in [-0.1, -0.05) is 0 Å². The highest BCUT2D eigenvalue weighted by molar-refractivity contribution is 7.88. The van der Waals surface area contributed by atoms with Gasteiger partial charge in [-0.15, -0.1) is 0 Å². The minimum Gasteiger partial charge on any atom is -0.361 e. The standard InChI is InChI=1S/C16H18FN3O3S/c1-24(22,23)20-8-13(16-15(20)4-5-19(16)9-21)12-7-18-14-6-10(17)2-3-11(12)14/h2-3,6-7,9,13,15-16,18H,4-5,8H2,1H3/t13?,15-,16-/m1/s1. The maximum Gasteiger partial charge on any atom is 0.211 e. The molecule has 8 heteroatoms. The van der Waals surface area contributed by atoms with Crippen molar-refractivity contribution in [3.8, 4) is 0 Å². The SMILES string of the molecule is CS(=O)(=O)N1CC(c2c[nH]c3cc(F)ccc23)[C@@H]2[C@H]1CCN2C=O. The van der Waals surface area contributed by atoms with E-state index in [1.54, 1.807) is 17.2 Å². The first kappa shape index (κ1) is 15.6. The Morgan fingerprint density at radius 3 is 2.88 bits per heavy atom. The molecule has 0 radical (unpaired) electrons. The van der Waals surface area contributed by atoms with E-state index in [0.717, 1.165) is 17.4 Å². The third-order valence-electron chi connectivity index (χ3n) is 5.26. The summed E-state index contributed by atoms with van der Waals surface area (Å²) in [4.78, 5) is 16.2. The van der Waals surface area contributed by atoms with Crippen molar-refractivity contribution < 1.29 is 17.6 Å². The Bertz CT molecular complexity index is 910. The van der Waals surface area contributed by atoms with Crippen molar-refractivity contribution in [1.29, 1.82) is 0 Å². The van der Waals surface area contributed by atoms with Crippen molar-refractivity contribution >= 4 is 27.3 Å². The number of sulfonamides is 1. The number of hydrogen-bond donors (Lipinski definition) is 1. The van der Waals surface area contributed by atoms with Gasteiger partial charge in [0.15, 0.2) is 0 Å². The van der Waals surface area contributed by atoms with Gasteiger partial charge in [-0.25, -0.2) is 12.8 Å². The van der Waals surface area contributed by atoms with Crippen molar-refractivity contribution in [3.63, 3.8) is 0 Å². The van der Waals surface area contributed by atoms with Crippen molar-refractivity contribution in [2.75, 3.05) is 19.3 Å². The number of rotatable bonds is 3. The number of carbonyl (C=O) groups is 1. The van der Waals surface area contributed by atoms with Crippen molar-refractivity contribution in [1.82, 2.24) is 14.2 Å². The number of aromatic nitrogens is 1. The fraction of sp³-hybridized carbons (Fsp3) is 0.438. The maximum atomic E-state index is 13.4. The lowest BCUT2D eigenvalue weighted by atomic mass is 9.91. The number of nitrogens with one attached hydrogen (secondary N) is 1. The highest BCUT2D eigenvalue weighted by Gasteiger charge is 2.52. The summed E-state index contributed by atoms with van der Waals surface area (Å²) in [6, 6.07) is 4.15. The summed E-state index contributed by atoms with van der Waals surface area (Å²) in [5, 5.41) is 0.869. The average molecular weight is 351 g/mol. The predicted molar refractivity (Wildman–Crippen MR) is 87.5 cm³/mol. The molecule has 2 aliphatic rings. The number of likely N-dealkylation sites (tertiary alicyclic amines) is 1. The number of H-pyrrole nitrogens is 1. The van der Waals surface area contributed by atoms with Gasteiger partial charge >= 0.3 is 0 Å². The summed E-state index contributed by atoms with van der Waals surface area (Å²) in [5.74, 6) is -0.454. The quantitative estimate of drug-likeness (QED) is 0.846. The molecule has 2 aromatic rings. The Morgan fingerprint density at radius 1 is 1.38 bits per heavy atom. The normalized spacial score (nSPS) is 27.8. The van der Waals surface area contributed by atoms with E-state index in [2.05, 4.69) is 4.98 Å². The molecule has 3 atom stereocenters. The smallest absolute Gasteiger partial charge is 0.211 e. The minimum atomic E-state index is -3.35. The van der Waals surface area contributed by atoms with Gasteiger partial charge in [0.05, 0.1) is 12.3 Å². The van der Waals surface area contributed by atoms with Gasteiger partial charge in [-0.05, 0) is 30.2 Å². The van der Waals surface area contributed by atoms with E-state index in [9.17, 15) is 17.6 Å². The molecule has 4 rings (SSSR count). The Kier molecular flexibility index (Phi) is 3.43. The number of aromatic amines is 1. The summed E-state index contributed by atoms with van der Waals surface area (Å²) < 4.78 is 39.2. The van der Waals surface area contributed by atoms with Crippen LogP contribution in [0.25, 0.3) is 10.9 Å². The van der Waals surface area contributed by atoms with Crippen LogP contribution in [0.2, 0.25) is 0 Å². The first-order valence-corrected chi connectivity index (χ1v) is 9.69. The molecule has 0 aliphatic carbocycles. The number of carbonyl (C=O) groups excluding carboxylic acids is 1. The second-order valence-electron chi connectivity index (χ2n) is 6.56. The molecule has 1 unspecified atom stereocenters. The highest BCUT2D eigenvalue weighted by Crippen LogP contribution is 2.43. The molecule has 128 valence electrons. The van der Waals surface area contributed by atoms with Crippen LogP contribution >= 0.6 is 0 Å². The van der Waals surface area contributed by atoms with Gasteiger partial charge in [0, 0.05) is 42.1 Å². The summed E-state index contributed by atoms with van der Waals surface area (Å²) in [5.41, 5.74) is 1.61. The van der Waals surface area contributed by atoms with Crippen LogP contribution in [0, 0.1) is 5.82 Å². The number of fused-ring (bicyclic) bond motifs is 2. The van der Waals surface area contributed by atoms with Crippen LogP contribution in [0.1, 0.15) is 17.9 Å². The molecule has 0 bridgehead atoms. The lowest BCUT2D eigenvalue weighted by Crippen LogP contribution is -2.39. The van der Waals surface area contributed by atoms with Gasteiger partial charge in [-0.3, -0.25) is 4.79 Å². The lowest BCUT2D eigenvalue weighted by Gasteiger charge is -2.25. The Hall–Kier alpha value is -1.93. The van der Waals surface area contributed by atoms with Crippen LogP contribution in [-0.4, -0.2) is 60.4 Å². The number of nitrogens with zero attached hydrogens (tertiary/aromatic N) is 2. The average Bonchev–Trinajstić information content (AvgIpc) is 3.18. The molecule has 1 amide bonds. The van der Waals surface area contributed by atoms with Crippen LogP contribution in [0.15, 0.2) is 24.4 Å². The third kappa shape index (κ3) is 2.24. The second-order valence-corrected chi connectivity index (χ2v) is 8.50. The molecule has 1 aromatic heterocycles. The van der Waals surface area contributed by atoms with Gasteiger partial charge < -0.3 is 9.88 Å². The van der Waals surface area contributed by atoms with E-state index in [4.69, 9.17) is 0 Å². The molecule has 1 aromatic carbocycles. The van der Waals surface area contributed by atoms with Crippen LogP contribution in [-0.2, 0) is 14.8 Å². The summed E-state index contributed by atoms with van der Waals surface area (Å²) in [6.07, 6.45) is 4.46. The molecular weight excluding hydrogens is 333 g/mol. The molecule has 3 heterocycles. The number of hydrogen-bond acceptors (Lipinski definition) is 3. The van der Waals surface area contributed by atoms with E-state index < -0.39 is 10.0 Å². The fourth-order valence-corrected chi connectivity index (χ4v) is 5.44. The zero-order chi connectivity index (χ0) is 17.1. The monoisotopic (exact) mass is 351 g/mol. The van der Waals surface area contributed by atoms with Crippen LogP contribution in [0.3, 0.4) is 0 Å². The molecule has 2 fully saturated rings. The van der Waals surface area contributed by atoms with Gasteiger partial charge in [0.25, 0.3) is 0 Å². The zero-order valence-corrected chi connectivity index (χ0v) is 14.0. The van der Waals surface area contributed by atoms with Crippen LogP contribution < -0.4 is 0 Å². The van der Waals surface area contributed by atoms with Crippen LogP contribution in [0.5, 0.6) is 0 Å². The number of halogens is 1. The molecule has 1 N–H and O–H groups in total. The van der Waals surface area contributed by atoms with Crippen LogP contribution in [0.4, 0.5) is 4.39 Å². The van der Waals surface area contributed by atoms with E-state index in [-0.39, 0.29) is 23.8 Å². The second kappa shape index (κ2) is 5.29. The topological polar surface area (TPSA) is 73.5 Å². The lowest BCUT2D eigenvalue weighted by molar-refractivity contribution is -0.119.